The van der Waals surface area contributed by atoms with Crippen molar-refractivity contribution in [1.82, 2.24) is 5.32 Å². The Morgan fingerprint density at radius 2 is 2.12 bits per heavy atom. The van der Waals surface area contributed by atoms with Gasteiger partial charge in [-0.25, -0.2) is 12.8 Å². The molecule has 0 amide bonds. The molecule has 0 heterocycles. The van der Waals surface area contributed by atoms with Crippen LogP contribution in [0.2, 0.25) is 5.02 Å². The van der Waals surface area contributed by atoms with Gasteiger partial charge in [0.2, 0.25) is 0 Å². The van der Waals surface area contributed by atoms with Gasteiger partial charge in [0.05, 0.1) is 5.75 Å². The minimum Gasteiger partial charge on any atom is -0.312 e. The standard InChI is InChI=1S/C10H13ClFNO2S/c1-16(14,15)5-4-13-7-8-2-3-9(12)6-10(8)11/h2-3,6,13H,4-5,7H2,1H3. The molecular weight excluding hydrogens is 253 g/mol. The van der Waals surface area contributed by atoms with Crippen molar-refractivity contribution < 1.29 is 12.8 Å². The summed E-state index contributed by atoms with van der Waals surface area (Å²) in [4.78, 5) is 0. The lowest BCUT2D eigenvalue weighted by molar-refractivity contribution is 0.596. The van der Waals surface area contributed by atoms with E-state index in [0.29, 0.717) is 18.1 Å². The van der Waals surface area contributed by atoms with Crippen LogP contribution in [0.25, 0.3) is 0 Å². The average Bonchev–Trinajstić information content (AvgIpc) is 2.13. The summed E-state index contributed by atoms with van der Waals surface area (Å²) in [7, 11) is -2.95. The Bertz CT molecular complexity index is 462. The van der Waals surface area contributed by atoms with Crippen LogP contribution >= 0.6 is 11.6 Å². The summed E-state index contributed by atoms with van der Waals surface area (Å²) < 4.78 is 34.4. The maximum atomic E-state index is 12.7. The molecule has 0 radical (unpaired) electrons. The fourth-order valence-electron chi connectivity index (χ4n) is 1.15. The molecule has 0 saturated carbocycles. The molecule has 0 aliphatic carbocycles. The smallest absolute Gasteiger partial charge is 0.148 e. The van der Waals surface area contributed by atoms with Gasteiger partial charge < -0.3 is 5.32 Å². The lowest BCUT2D eigenvalue weighted by atomic mass is 10.2. The first kappa shape index (κ1) is 13.4. The first-order valence-corrected chi connectivity index (χ1v) is 7.15. The molecule has 0 unspecified atom stereocenters. The van der Waals surface area contributed by atoms with Crippen molar-refractivity contribution >= 4 is 21.4 Å². The lowest BCUT2D eigenvalue weighted by Gasteiger charge is -2.06. The van der Waals surface area contributed by atoms with E-state index in [9.17, 15) is 12.8 Å². The number of rotatable bonds is 5. The summed E-state index contributed by atoms with van der Waals surface area (Å²) in [5, 5.41) is 3.27. The predicted molar refractivity (Wildman–Crippen MR) is 62.8 cm³/mol. The fourth-order valence-corrected chi connectivity index (χ4v) is 1.89. The number of hydrogen-bond donors (Lipinski definition) is 1. The van der Waals surface area contributed by atoms with E-state index in [1.165, 1.54) is 18.4 Å². The predicted octanol–water partition coefficient (Wildman–Crippen LogP) is 1.61. The van der Waals surface area contributed by atoms with Crippen LogP contribution in [0.1, 0.15) is 5.56 Å². The number of hydrogen-bond acceptors (Lipinski definition) is 3. The Morgan fingerprint density at radius 1 is 1.44 bits per heavy atom. The molecular formula is C10H13ClFNO2S. The molecule has 0 aliphatic heterocycles. The Balaban J connectivity index is 2.43. The fraction of sp³-hybridized carbons (Fsp3) is 0.400. The van der Waals surface area contributed by atoms with Crippen molar-refractivity contribution in [2.45, 2.75) is 6.54 Å². The highest BCUT2D eigenvalue weighted by Crippen LogP contribution is 2.16. The topological polar surface area (TPSA) is 46.2 Å². The highest BCUT2D eigenvalue weighted by Gasteiger charge is 2.03. The Kier molecular flexibility index (Phi) is 4.70. The van der Waals surface area contributed by atoms with Gasteiger partial charge >= 0.3 is 0 Å². The van der Waals surface area contributed by atoms with Crippen LogP contribution in [0.3, 0.4) is 0 Å². The van der Waals surface area contributed by atoms with Crippen molar-refractivity contribution in [3.05, 3.63) is 34.6 Å². The second-order valence-electron chi connectivity index (χ2n) is 3.54. The summed E-state index contributed by atoms with van der Waals surface area (Å²) in [5.74, 6) is -0.309. The van der Waals surface area contributed by atoms with E-state index in [-0.39, 0.29) is 11.6 Å². The number of halogens is 2. The minimum atomic E-state index is -2.95. The molecule has 1 N–H and O–H groups in total. The molecule has 0 bridgehead atoms. The summed E-state index contributed by atoms with van der Waals surface area (Å²) in [6.45, 7) is 0.779. The Hall–Kier alpha value is -0.650. The third kappa shape index (κ3) is 4.92. The van der Waals surface area contributed by atoms with E-state index < -0.39 is 9.84 Å². The average molecular weight is 266 g/mol. The van der Waals surface area contributed by atoms with Crippen molar-refractivity contribution in [1.29, 1.82) is 0 Å². The zero-order valence-corrected chi connectivity index (χ0v) is 10.4. The molecule has 0 aromatic heterocycles. The molecule has 0 spiro atoms. The Morgan fingerprint density at radius 3 is 2.69 bits per heavy atom. The van der Waals surface area contributed by atoms with Crippen LogP contribution in [-0.4, -0.2) is 27.0 Å². The van der Waals surface area contributed by atoms with E-state index in [0.717, 1.165) is 5.56 Å². The number of nitrogens with one attached hydrogen (secondary N) is 1. The molecule has 0 saturated heterocycles. The normalized spacial score (nSPS) is 11.7. The monoisotopic (exact) mass is 265 g/mol. The maximum Gasteiger partial charge on any atom is 0.148 e. The number of benzene rings is 1. The van der Waals surface area contributed by atoms with Gasteiger partial charge in [0.25, 0.3) is 0 Å². The second kappa shape index (κ2) is 5.61. The largest absolute Gasteiger partial charge is 0.312 e. The highest BCUT2D eigenvalue weighted by molar-refractivity contribution is 7.90. The molecule has 1 aromatic rings. The quantitative estimate of drug-likeness (QED) is 0.823. The van der Waals surface area contributed by atoms with E-state index in [4.69, 9.17) is 11.6 Å². The molecule has 16 heavy (non-hydrogen) atoms. The third-order valence-corrected chi connectivity index (χ3v) is 3.28. The van der Waals surface area contributed by atoms with Crippen molar-refractivity contribution in [2.24, 2.45) is 0 Å². The van der Waals surface area contributed by atoms with Crippen molar-refractivity contribution in [2.75, 3.05) is 18.6 Å². The summed E-state index contributed by atoms with van der Waals surface area (Å²) in [5.41, 5.74) is 0.747. The molecule has 0 fully saturated rings. The van der Waals surface area contributed by atoms with Gasteiger partial charge in [-0.2, -0.15) is 0 Å². The van der Waals surface area contributed by atoms with Crippen LogP contribution in [-0.2, 0) is 16.4 Å². The zero-order chi connectivity index (χ0) is 12.2. The summed E-state index contributed by atoms with van der Waals surface area (Å²) in [6.07, 6.45) is 1.18. The van der Waals surface area contributed by atoms with Crippen LogP contribution in [0.5, 0.6) is 0 Å². The second-order valence-corrected chi connectivity index (χ2v) is 6.21. The zero-order valence-electron chi connectivity index (χ0n) is 8.83. The van der Waals surface area contributed by atoms with Crippen LogP contribution in [0, 0.1) is 5.82 Å². The number of sulfone groups is 1. The van der Waals surface area contributed by atoms with E-state index >= 15 is 0 Å². The van der Waals surface area contributed by atoms with Crippen molar-refractivity contribution in [3.63, 3.8) is 0 Å². The molecule has 90 valence electrons. The first-order valence-electron chi connectivity index (χ1n) is 4.71. The van der Waals surface area contributed by atoms with Crippen LogP contribution in [0.4, 0.5) is 4.39 Å². The summed E-state index contributed by atoms with van der Waals surface area (Å²) in [6, 6.07) is 4.12. The first-order chi connectivity index (χ1) is 7.38. The van der Waals surface area contributed by atoms with Gasteiger partial charge in [-0.05, 0) is 17.7 Å². The third-order valence-electron chi connectivity index (χ3n) is 1.98. The van der Waals surface area contributed by atoms with Gasteiger partial charge in [0, 0.05) is 24.4 Å². The van der Waals surface area contributed by atoms with Gasteiger partial charge in [0.1, 0.15) is 15.7 Å². The van der Waals surface area contributed by atoms with E-state index in [2.05, 4.69) is 5.32 Å². The van der Waals surface area contributed by atoms with Crippen LogP contribution in [0.15, 0.2) is 18.2 Å². The minimum absolute atomic E-state index is 0.0752. The molecule has 0 aliphatic rings. The van der Waals surface area contributed by atoms with Gasteiger partial charge in [-0.3, -0.25) is 0 Å². The van der Waals surface area contributed by atoms with Gasteiger partial charge in [-0.15, -0.1) is 0 Å². The van der Waals surface area contributed by atoms with Crippen molar-refractivity contribution in [3.8, 4) is 0 Å². The van der Waals surface area contributed by atoms with E-state index in [1.807, 2.05) is 0 Å². The molecule has 3 nitrogen and oxygen atoms in total. The van der Waals surface area contributed by atoms with Gasteiger partial charge in [0.15, 0.2) is 0 Å². The van der Waals surface area contributed by atoms with Crippen LogP contribution < -0.4 is 5.32 Å². The van der Waals surface area contributed by atoms with E-state index in [1.54, 1.807) is 6.07 Å². The highest BCUT2D eigenvalue weighted by atomic mass is 35.5. The Labute approximate surface area is 99.5 Å². The SMILES string of the molecule is CS(=O)(=O)CCNCc1ccc(F)cc1Cl. The molecule has 1 rings (SSSR count). The summed E-state index contributed by atoms with van der Waals surface area (Å²) >= 11 is 5.80. The maximum absolute atomic E-state index is 12.7. The molecule has 0 atom stereocenters. The molecule has 1 aromatic carbocycles. The lowest BCUT2D eigenvalue weighted by Crippen LogP contribution is -2.22. The van der Waals surface area contributed by atoms with Gasteiger partial charge in [-0.1, -0.05) is 17.7 Å². The molecule has 6 heteroatoms.